The Morgan fingerprint density at radius 3 is 2.44 bits per heavy atom. The Morgan fingerprint density at radius 2 is 1.88 bits per heavy atom. The van der Waals surface area contributed by atoms with Crippen LogP contribution in [-0.2, 0) is 4.79 Å². The summed E-state index contributed by atoms with van der Waals surface area (Å²) < 4.78 is 0. The van der Waals surface area contributed by atoms with Crippen molar-refractivity contribution in [3.8, 4) is 0 Å². The molecule has 0 aromatic carbocycles. The standard InChI is InChI=1S/C12H25N3O/c1-10(2)14-12(16)8-13-11(3)9-15-6-4-5-7-15/h10-11,13H,4-9H2,1-3H3,(H,14,16). The van der Waals surface area contributed by atoms with Gasteiger partial charge in [0.25, 0.3) is 0 Å². The summed E-state index contributed by atoms with van der Waals surface area (Å²) in [6.07, 6.45) is 2.64. The van der Waals surface area contributed by atoms with E-state index in [9.17, 15) is 4.79 Å². The maximum absolute atomic E-state index is 11.4. The summed E-state index contributed by atoms with van der Waals surface area (Å²) in [6, 6.07) is 0.610. The first-order valence-electron chi connectivity index (χ1n) is 6.33. The smallest absolute Gasteiger partial charge is 0.234 e. The zero-order valence-electron chi connectivity index (χ0n) is 10.8. The highest BCUT2D eigenvalue weighted by atomic mass is 16.1. The van der Waals surface area contributed by atoms with Gasteiger partial charge in [0, 0.05) is 18.6 Å². The molecule has 1 heterocycles. The van der Waals surface area contributed by atoms with Crippen LogP contribution in [0.25, 0.3) is 0 Å². The normalized spacial score (nSPS) is 19.0. The molecule has 1 amide bonds. The minimum Gasteiger partial charge on any atom is -0.353 e. The molecule has 0 aromatic rings. The van der Waals surface area contributed by atoms with E-state index in [0.29, 0.717) is 12.6 Å². The molecular formula is C12H25N3O. The molecule has 4 nitrogen and oxygen atoms in total. The number of nitrogens with one attached hydrogen (secondary N) is 2. The first kappa shape index (κ1) is 13.5. The average molecular weight is 227 g/mol. The Bertz CT molecular complexity index is 212. The summed E-state index contributed by atoms with van der Waals surface area (Å²) in [5.41, 5.74) is 0. The van der Waals surface area contributed by atoms with Crippen LogP contribution < -0.4 is 10.6 Å². The fourth-order valence-electron chi connectivity index (χ4n) is 2.06. The van der Waals surface area contributed by atoms with Gasteiger partial charge in [-0.3, -0.25) is 4.79 Å². The fraction of sp³-hybridized carbons (Fsp3) is 0.917. The molecule has 1 aliphatic rings. The third-order valence-corrected chi connectivity index (χ3v) is 2.79. The second-order valence-corrected chi connectivity index (χ2v) is 5.01. The maximum atomic E-state index is 11.4. The molecule has 1 saturated heterocycles. The lowest BCUT2D eigenvalue weighted by Gasteiger charge is -2.21. The monoisotopic (exact) mass is 227 g/mol. The van der Waals surface area contributed by atoms with Gasteiger partial charge < -0.3 is 15.5 Å². The van der Waals surface area contributed by atoms with Crippen LogP contribution in [0.15, 0.2) is 0 Å². The summed E-state index contributed by atoms with van der Waals surface area (Å²) in [6.45, 7) is 9.99. The van der Waals surface area contributed by atoms with E-state index in [1.165, 1.54) is 25.9 Å². The molecule has 0 aromatic heterocycles. The lowest BCUT2D eigenvalue weighted by Crippen LogP contribution is -2.44. The third-order valence-electron chi connectivity index (χ3n) is 2.79. The second-order valence-electron chi connectivity index (χ2n) is 5.01. The Kier molecular flexibility index (Phi) is 5.77. The molecule has 4 heteroatoms. The average Bonchev–Trinajstić information content (AvgIpc) is 2.66. The molecule has 2 N–H and O–H groups in total. The van der Waals surface area contributed by atoms with Gasteiger partial charge in [0.15, 0.2) is 0 Å². The topological polar surface area (TPSA) is 44.4 Å². The van der Waals surface area contributed by atoms with E-state index >= 15 is 0 Å². The van der Waals surface area contributed by atoms with E-state index in [1.807, 2.05) is 13.8 Å². The van der Waals surface area contributed by atoms with Gasteiger partial charge in [0.2, 0.25) is 5.91 Å². The number of likely N-dealkylation sites (tertiary alicyclic amines) is 1. The van der Waals surface area contributed by atoms with Crippen molar-refractivity contribution in [2.75, 3.05) is 26.2 Å². The predicted octanol–water partition coefficient (Wildman–Crippen LogP) is 0.585. The van der Waals surface area contributed by atoms with Crippen LogP contribution in [0, 0.1) is 0 Å². The number of rotatable bonds is 6. The summed E-state index contributed by atoms with van der Waals surface area (Å²) in [5.74, 6) is 0.0864. The molecule has 0 bridgehead atoms. The zero-order valence-corrected chi connectivity index (χ0v) is 10.8. The SMILES string of the molecule is CC(C)NC(=O)CNC(C)CN1CCCC1. The first-order chi connectivity index (χ1) is 7.58. The highest BCUT2D eigenvalue weighted by Crippen LogP contribution is 2.07. The number of carbonyl (C=O) groups excluding carboxylic acids is 1. The number of hydrogen-bond donors (Lipinski definition) is 2. The molecule has 0 aliphatic carbocycles. The second kappa shape index (κ2) is 6.86. The van der Waals surface area contributed by atoms with Gasteiger partial charge in [-0.25, -0.2) is 0 Å². The largest absolute Gasteiger partial charge is 0.353 e. The van der Waals surface area contributed by atoms with E-state index < -0.39 is 0 Å². The lowest BCUT2D eigenvalue weighted by atomic mass is 10.3. The maximum Gasteiger partial charge on any atom is 0.234 e. The summed E-state index contributed by atoms with van der Waals surface area (Å²) in [7, 11) is 0. The van der Waals surface area contributed by atoms with Crippen LogP contribution in [0.3, 0.4) is 0 Å². The van der Waals surface area contributed by atoms with Gasteiger partial charge in [0.1, 0.15) is 0 Å². The van der Waals surface area contributed by atoms with E-state index in [-0.39, 0.29) is 11.9 Å². The summed E-state index contributed by atoms with van der Waals surface area (Å²) >= 11 is 0. The van der Waals surface area contributed by atoms with Crippen LogP contribution in [0.1, 0.15) is 33.6 Å². The van der Waals surface area contributed by atoms with Crippen molar-refractivity contribution in [2.24, 2.45) is 0 Å². The number of hydrogen-bond acceptors (Lipinski definition) is 3. The molecule has 0 radical (unpaired) electrons. The molecule has 1 atom stereocenters. The summed E-state index contributed by atoms with van der Waals surface area (Å²) in [5, 5.41) is 6.14. The molecule has 0 saturated carbocycles. The van der Waals surface area contributed by atoms with Crippen molar-refractivity contribution >= 4 is 5.91 Å². The number of carbonyl (C=O) groups is 1. The van der Waals surface area contributed by atoms with Crippen LogP contribution in [-0.4, -0.2) is 49.1 Å². The lowest BCUT2D eigenvalue weighted by molar-refractivity contribution is -0.120. The first-order valence-corrected chi connectivity index (χ1v) is 6.33. The van der Waals surface area contributed by atoms with Crippen LogP contribution in [0.2, 0.25) is 0 Å². The van der Waals surface area contributed by atoms with Gasteiger partial charge in [-0.2, -0.15) is 0 Å². The minimum absolute atomic E-state index is 0.0864. The molecule has 1 rings (SSSR count). The predicted molar refractivity (Wildman–Crippen MR) is 66.4 cm³/mol. The van der Waals surface area contributed by atoms with Crippen molar-refractivity contribution in [3.05, 3.63) is 0 Å². The molecule has 1 aliphatic heterocycles. The fourth-order valence-corrected chi connectivity index (χ4v) is 2.06. The minimum atomic E-state index is 0.0864. The number of amides is 1. The van der Waals surface area contributed by atoms with Crippen LogP contribution >= 0.6 is 0 Å². The van der Waals surface area contributed by atoms with Gasteiger partial charge >= 0.3 is 0 Å². The Balaban J connectivity index is 2.09. The third kappa shape index (κ3) is 5.47. The molecule has 0 spiro atoms. The van der Waals surface area contributed by atoms with Gasteiger partial charge in [-0.15, -0.1) is 0 Å². The molecule has 1 unspecified atom stereocenters. The Hall–Kier alpha value is -0.610. The summed E-state index contributed by atoms with van der Waals surface area (Å²) in [4.78, 5) is 13.9. The molecular weight excluding hydrogens is 202 g/mol. The van der Waals surface area contributed by atoms with Crippen LogP contribution in [0.4, 0.5) is 0 Å². The van der Waals surface area contributed by atoms with Gasteiger partial charge in [-0.05, 0) is 46.7 Å². The zero-order chi connectivity index (χ0) is 12.0. The van der Waals surface area contributed by atoms with Crippen molar-refractivity contribution < 1.29 is 4.79 Å². The van der Waals surface area contributed by atoms with Crippen molar-refractivity contribution in [1.82, 2.24) is 15.5 Å². The Morgan fingerprint density at radius 1 is 1.25 bits per heavy atom. The van der Waals surface area contributed by atoms with Gasteiger partial charge in [-0.1, -0.05) is 0 Å². The molecule has 94 valence electrons. The quantitative estimate of drug-likeness (QED) is 0.698. The van der Waals surface area contributed by atoms with Crippen molar-refractivity contribution in [1.29, 1.82) is 0 Å². The molecule has 16 heavy (non-hydrogen) atoms. The van der Waals surface area contributed by atoms with E-state index in [0.717, 1.165) is 6.54 Å². The van der Waals surface area contributed by atoms with Gasteiger partial charge in [0.05, 0.1) is 6.54 Å². The highest BCUT2D eigenvalue weighted by Gasteiger charge is 2.14. The van der Waals surface area contributed by atoms with E-state index in [2.05, 4.69) is 22.5 Å². The number of nitrogens with zero attached hydrogens (tertiary/aromatic N) is 1. The van der Waals surface area contributed by atoms with E-state index in [1.54, 1.807) is 0 Å². The van der Waals surface area contributed by atoms with Crippen molar-refractivity contribution in [2.45, 2.75) is 45.7 Å². The Labute approximate surface area is 98.8 Å². The van der Waals surface area contributed by atoms with Crippen LogP contribution in [0.5, 0.6) is 0 Å². The van der Waals surface area contributed by atoms with E-state index in [4.69, 9.17) is 0 Å². The molecule has 1 fully saturated rings. The highest BCUT2D eigenvalue weighted by molar-refractivity contribution is 5.78. The van der Waals surface area contributed by atoms with Crippen molar-refractivity contribution in [3.63, 3.8) is 0 Å².